The molecule has 1 aromatic heterocycles. The Bertz CT molecular complexity index is 348. The van der Waals surface area contributed by atoms with Crippen molar-refractivity contribution in [3.63, 3.8) is 0 Å². The second-order valence-electron chi connectivity index (χ2n) is 3.29. The van der Waals surface area contributed by atoms with Crippen molar-refractivity contribution in [2.24, 2.45) is 0 Å². The highest BCUT2D eigenvalue weighted by molar-refractivity contribution is 7.09. The van der Waals surface area contributed by atoms with Gasteiger partial charge in [0, 0.05) is 18.2 Å². The third kappa shape index (κ3) is 4.02. The Labute approximate surface area is 98.6 Å². The minimum Gasteiger partial charge on any atom is -0.464 e. The van der Waals surface area contributed by atoms with Crippen molar-refractivity contribution in [2.75, 3.05) is 6.61 Å². The maximum atomic E-state index is 11.6. The quantitative estimate of drug-likeness (QED) is 0.792. The second kappa shape index (κ2) is 6.27. The van der Waals surface area contributed by atoms with Crippen molar-refractivity contribution in [2.45, 2.75) is 26.3 Å². The Morgan fingerprint density at radius 1 is 1.56 bits per heavy atom. The first kappa shape index (κ1) is 12.7. The summed E-state index contributed by atoms with van der Waals surface area (Å²) in [4.78, 5) is 23.6. The summed E-state index contributed by atoms with van der Waals surface area (Å²) >= 11 is 1.55. The highest BCUT2D eigenvalue weighted by atomic mass is 32.1. The van der Waals surface area contributed by atoms with Crippen molar-refractivity contribution >= 4 is 23.2 Å². The van der Waals surface area contributed by atoms with Crippen molar-refractivity contribution in [3.05, 3.63) is 22.4 Å². The largest absolute Gasteiger partial charge is 0.464 e. The predicted octanol–water partition coefficient (Wildman–Crippen LogP) is 1.36. The Morgan fingerprint density at radius 2 is 2.31 bits per heavy atom. The first-order valence-electron chi connectivity index (χ1n) is 5.09. The molecular weight excluding hydrogens is 226 g/mol. The fourth-order valence-corrected chi connectivity index (χ4v) is 2.06. The third-order valence-electron chi connectivity index (χ3n) is 1.93. The van der Waals surface area contributed by atoms with Gasteiger partial charge in [-0.3, -0.25) is 4.79 Å². The number of hydrogen-bond donors (Lipinski definition) is 1. The monoisotopic (exact) mass is 241 g/mol. The first-order valence-corrected chi connectivity index (χ1v) is 5.97. The SMILES string of the molecule is CCOC(=O)C(Cc1cccs1)NC(C)=O. The minimum atomic E-state index is -0.587. The van der Waals surface area contributed by atoms with Gasteiger partial charge in [0.2, 0.25) is 5.91 Å². The van der Waals surface area contributed by atoms with E-state index < -0.39 is 6.04 Å². The molecule has 4 nitrogen and oxygen atoms in total. The molecule has 1 amide bonds. The van der Waals surface area contributed by atoms with E-state index in [4.69, 9.17) is 4.74 Å². The van der Waals surface area contributed by atoms with E-state index >= 15 is 0 Å². The molecule has 1 N–H and O–H groups in total. The van der Waals surface area contributed by atoms with Crippen LogP contribution in [0.15, 0.2) is 17.5 Å². The number of rotatable bonds is 5. The smallest absolute Gasteiger partial charge is 0.329 e. The second-order valence-corrected chi connectivity index (χ2v) is 4.32. The Hall–Kier alpha value is -1.36. The van der Waals surface area contributed by atoms with Gasteiger partial charge in [0.1, 0.15) is 6.04 Å². The molecule has 1 rings (SSSR count). The van der Waals surface area contributed by atoms with Crippen molar-refractivity contribution in [3.8, 4) is 0 Å². The summed E-state index contributed by atoms with van der Waals surface area (Å²) in [5.74, 6) is -0.610. The molecule has 88 valence electrons. The van der Waals surface area contributed by atoms with Gasteiger partial charge in [-0.2, -0.15) is 0 Å². The number of carbonyl (C=O) groups excluding carboxylic acids is 2. The van der Waals surface area contributed by atoms with Gasteiger partial charge in [-0.15, -0.1) is 11.3 Å². The maximum absolute atomic E-state index is 11.6. The molecule has 0 aliphatic heterocycles. The van der Waals surface area contributed by atoms with Crippen LogP contribution in [0.25, 0.3) is 0 Å². The van der Waals surface area contributed by atoms with Crippen LogP contribution in [0.2, 0.25) is 0 Å². The van der Waals surface area contributed by atoms with E-state index in [0.29, 0.717) is 13.0 Å². The first-order chi connectivity index (χ1) is 7.63. The number of nitrogens with one attached hydrogen (secondary N) is 1. The molecule has 0 spiro atoms. The summed E-state index contributed by atoms with van der Waals surface area (Å²) in [7, 11) is 0. The zero-order chi connectivity index (χ0) is 12.0. The molecule has 1 aromatic rings. The molecule has 0 saturated carbocycles. The zero-order valence-electron chi connectivity index (χ0n) is 9.36. The number of amides is 1. The molecular formula is C11H15NO3S. The van der Waals surface area contributed by atoms with E-state index in [-0.39, 0.29) is 11.9 Å². The summed E-state index contributed by atoms with van der Waals surface area (Å²) < 4.78 is 4.90. The van der Waals surface area contributed by atoms with Crippen molar-refractivity contribution in [1.82, 2.24) is 5.32 Å². The van der Waals surface area contributed by atoms with Crippen LogP contribution >= 0.6 is 11.3 Å². The molecule has 0 aromatic carbocycles. The summed E-state index contributed by atoms with van der Waals surface area (Å²) in [5.41, 5.74) is 0. The number of carbonyl (C=O) groups is 2. The normalized spacial score (nSPS) is 11.9. The van der Waals surface area contributed by atoms with Crippen LogP contribution < -0.4 is 5.32 Å². The molecule has 1 unspecified atom stereocenters. The lowest BCUT2D eigenvalue weighted by molar-refractivity contribution is -0.147. The van der Waals surface area contributed by atoms with Gasteiger partial charge in [-0.05, 0) is 18.4 Å². The number of ether oxygens (including phenoxy) is 1. The summed E-state index contributed by atoms with van der Waals surface area (Å²) in [6.07, 6.45) is 0.482. The highest BCUT2D eigenvalue weighted by Gasteiger charge is 2.21. The average molecular weight is 241 g/mol. The topological polar surface area (TPSA) is 55.4 Å². The predicted molar refractivity (Wildman–Crippen MR) is 62.3 cm³/mol. The van der Waals surface area contributed by atoms with Crippen LogP contribution in [0, 0.1) is 0 Å². The molecule has 0 radical (unpaired) electrons. The number of hydrogen-bond acceptors (Lipinski definition) is 4. The molecule has 16 heavy (non-hydrogen) atoms. The highest BCUT2D eigenvalue weighted by Crippen LogP contribution is 2.11. The van der Waals surface area contributed by atoms with E-state index in [1.807, 2.05) is 17.5 Å². The summed E-state index contributed by atoms with van der Waals surface area (Å²) in [6, 6.07) is 3.26. The zero-order valence-corrected chi connectivity index (χ0v) is 10.2. The lowest BCUT2D eigenvalue weighted by Gasteiger charge is -2.15. The lowest BCUT2D eigenvalue weighted by atomic mass is 10.2. The van der Waals surface area contributed by atoms with Gasteiger partial charge in [0.05, 0.1) is 6.61 Å². The standard InChI is InChI=1S/C11H15NO3S/c1-3-15-11(14)10(12-8(2)13)7-9-5-4-6-16-9/h4-6,10H,3,7H2,1-2H3,(H,12,13). The van der Waals surface area contributed by atoms with Gasteiger partial charge in [-0.25, -0.2) is 4.79 Å². The van der Waals surface area contributed by atoms with Crippen LogP contribution in [0.4, 0.5) is 0 Å². The van der Waals surface area contributed by atoms with Crippen LogP contribution in [0.1, 0.15) is 18.7 Å². The van der Waals surface area contributed by atoms with E-state index in [2.05, 4.69) is 5.32 Å². The van der Waals surface area contributed by atoms with Gasteiger partial charge >= 0.3 is 5.97 Å². The van der Waals surface area contributed by atoms with Gasteiger partial charge in [-0.1, -0.05) is 6.07 Å². The van der Waals surface area contributed by atoms with Crippen molar-refractivity contribution in [1.29, 1.82) is 0 Å². The Balaban J connectivity index is 2.63. The van der Waals surface area contributed by atoms with Gasteiger partial charge < -0.3 is 10.1 Å². The Kier molecular flexibility index (Phi) is 4.98. The fraction of sp³-hybridized carbons (Fsp3) is 0.455. The lowest BCUT2D eigenvalue weighted by Crippen LogP contribution is -2.42. The van der Waals surface area contributed by atoms with Crippen LogP contribution in [-0.2, 0) is 20.7 Å². The Morgan fingerprint density at radius 3 is 2.81 bits per heavy atom. The van der Waals surface area contributed by atoms with E-state index in [1.165, 1.54) is 6.92 Å². The van der Waals surface area contributed by atoms with Gasteiger partial charge in [0.25, 0.3) is 0 Å². The molecule has 5 heteroatoms. The molecule has 0 aliphatic rings. The number of esters is 1. The third-order valence-corrected chi connectivity index (χ3v) is 2.83. The van der Waals surface area contributed by atoms with Crippen LogP contribution in [0.3, 0.4) is 0 Å². The van der Waals surface area contributed by atoms with E-state index in [9.17, 15) is 9.59 Å². The molecule has 0 saturated heterocycles. The van der Waals surface area contributed by atoms with Crippen LogP contribution in [0.5, 0.6) is 0 Å². The van der Waals surface area contributed by atoms with E-state index in [1.54, 1.807) is 18.3 Å². The average Bonchev–Trinajstić information content (AvgIpc) is 2.69. The van der Waals surface area contributed by atoms with E-state index in [0.717, 1.165) is 4.88 Å². The fourth-order valence-electron chi connectivity index (χ4n) is 1.31. The van der Waals surface area contributed by atoms with Crippen LogP contribution in [-0.4, -0.2) is 24.5 Å². The molecule has 0 fully saturated rings. The molecule has 0 bridgehead atoms. The minimum absolute atomic E-state index is 0.227. The van der Waals surface area contributed by atoms with Gasteiger partial charge in [0.15, 0.2) is 0 Å². The molecule has 1 heterocycles. The number of thiophene rings is 1. The molecule has 0 aliphatic carbocycles. The summed E-state index contributed by atoms with van der Waals surface area (Å²) in [5, 5.41) is 4.53. The van der Waals surface area contributed by atoms with Crippen molar-refractivity contribution < 1.29 is 14.3 Å². The summed E-state index contributed by atoms with van der Waals surface area (Å²) in [6.45, 7) is 3.45. The maximum Gasteiger partial charge on any atom is 0.329 e. The molecule has 1 atom stereocenters.